The normalized spacial score (nSPS) is 38.2. The highest BCUT2D eigenvalue weighted by Crippen LogP contribution is 2.54. The third-order valence-corrected chi connectivity index (χ3v) is 9.30. The Hall–Kier alpha value is -1.06. The number of carbonyl (C=O) groups excluding carboxylic acids is 1. The number of rotatable bonds is 7. The van der Waals surface area contributed by atoms with Gasteiger partial charge in [-0.25, -0.2) is 0 Å². The lowest BCUT2D eigenvalue weighted by atomic mass is 9.56. The van der Waals surface area contributed by atoms with E-state index in [1.165, 1.54) is 64.2 Å². The van der Waals surface area contributed by atoms with Crippen LogP contribution in [0, 0.1) is 40.9 Å². The molecule has 0 amide bonds. The Bertz CT molecular complexity index is 549. The van der Waals surface area contributed by atoms with E-state index in [-0.39, 0.29) is 6.10 Å². The van der Waals surface area contributed by atoms with Gasteiger partial charge in [0, 0.05) is 0 Å². The number of carboxylic acids is 1. The second-order valence-corrected chi connectivity index (χ2v) is 10.3. The molecule has 6 saturated carbocycles. The summed E-state index contributed by atoms with van der Waals surface area (Å²) in [6.07, 6.45) is 13.4. The van der Waals surface area contributed by atoms with Gasteiger partial charge in [-0.05, 0) is 86.9 Å². The molecule has 0 aliphatic heterocycles. The van der Waals surface area contributed by atoms with Crippen molar-refractivity contribution in [3.8, 4) is 0 Å². The second-order valence-electron chi connectivity index (χ2n) is 10.3. The van der Waals surface area contributed by atoms with Crippen LogP contribution in [0.25, 0.3) is 0 Å². The highest BCUT2D eigenvalue weighted by Gasteiger charge is 2.52. The largest absolute Gasteiger partial charge is 0.480 e. The zero-order chi connectivity index (χ0) is 19.9. The van der Waals surface area contributed by atoms with Crippen LogP contribution in [0.1, 0.15) is 90.9 Å². The van der Waals surface area contributed by atoms with Gasteiger partial charge in [-0.1, -0.05) is 39.5 Å². The molecule has 6 aliphatic rings. The molecule has 0 saturated heterocycles. The molecule has 0 heterocycles. The number of carbonyl (C=O) groups is 2. The Morgan fingerprint density at radius 3 is 1.57 bits per heavy atom. The molecule has 0 spiro atoms. The Morgan fingerprint density at radius 1 is 0.857 bits per heavy atom. The molecule has 6 rings (SSSR count). The van der Waals surface area contributed by atoms with Crippen LogP contribution in [0.4, 0.5) is 0 Å². The van der Waals surface area contributed by atoms with Crippen molar-refractivity contribution in [1.82, 2.24) is 0 Å². The highest BCUT2D eigenvalue weighted by atomic mass is 16.5. The van der Waals surface area contributed by atoms with Gasteiger partial charge in [0.25, 0.3) is 0 Å². The van der Waals surface area contributed by atoms with Crippen LogP contribution in [0.3, 0.4) is 0 Å². The van der Waals surface area contributed by atoms with E-state index >= 15 is 0 Å². The van der Waals surface area contributed by atoms with Crippen molar-refractivity contribution in [2.45, 2.75) is 97.0 Å². The van der Waals surface area contributed by atoms with Crippen molar-refractivity contribution >= 4 is 11.9 Å². The summed E-state index contributed by atoms with van der Waals surface area (Å²) < 4.78 is 6.32. The molecule has 0 aromatic rings. The van der Waals surface area contributed by atoms with Crippen molar-refractivity contribution in [1.29, 1.82) is 0 Å². The number of hydrogen-bond donors (Lipinski definition) is 1. The van der Waals surface area contributed by atoms with Gasteiger partial charge >= 0.3 is 11.9 Å². The molecular weight excluding hydrogens is 352 g/mol. The molecule has 158 valence electrons. The quantitative estimate of drug-likeness (QED) is 0.464. The summed E-state index contributed by atoms with van der Waals surface area (Å²) in [4.78, 5) is 25.3. The number of hydrogen-bond acceptors (Lipinski definition) is 3. The maximum Gasteiger partial charge on any atom is 0.323 e. The fraction of sp³-hybridized carbons (Fsp3) is 0.917. The van der Waals surface area contributed by atoms with E-state index in [1.807, 2.05) is 0 Å². The first-order valence-electron chi connectivity index (χ1n) is 11.9. The summed E-state index contributed by atoms with van der Waals surface area (Å²) in [7, 11) is 0. The summed E-state index contributed by atoms with van der Waals surface area (Å²) in [5, 5.41) is 9.84. The smallest absolute Gasteiger partial charge is 0.323 e. The molecule has 0 radical (unpaired) electrons. The first kappa shape index (κ1) is 20.2. The van der Waals surface area contributed by atoms with Gasteiger partial charge in [0.1, 0.15) is 6.10 Å². The number of esters is 1. The molecule has 2 atom stereocenters. The summed E-state index contributed by atoms with van der Waals surface area (Å²) in [6.45, 7) is 3.61. The zero-order valence-corrected chi connectivity index (χ0v) is 17.7. The molecule has 28 heavy (non-hydrogen) atoms. The van der Waals surface area contributed by atoms with Crippen LogP contribution in [-0.4, -0.2) is 23.1 Å². The van der Waals surface area contributed by atoms with E-state index in [9.17, 15) is 14.7 Å². The lowest BCUT2D eigenvalue weighted by Crippen LogP contribution is -2.51. The Morgan fingerprint density at radius 2 is 1.29 bits per heavy atom. The van der Waals surface area contributed by atoms with Crippen LogP contribution in [-0.2, 0) is 14.3 Å². The molecule has 6 aliphatic carbocycles. The Kier molecular flexibility index (Phi) is 5.77. The van der Waals surface area contributed by atoms with E-state index in [2.05, 4.69) is 0 Å². The Labute approximate surface area is 169 Å². The molecule has 2 unspecified atom stereocenters. The number of ether oxygens (including phenoxy) is 1. The zero-order valence-electron chi connectivity index (χ0n) is 17.7. The van der Waals surface area contributed by atoms with Gasteiger partial charge in [-0.15, -0.1) is 0 Å². The van der Waals surface area contributed by atoms with Crippen molar-refractivity contribution in [2.24, 2.45) is 40.9 Å². The van der Waals surface area contributed by atoms with Crippen molar-refractivity contribution in [2.75, 3.05) is 0 Å². The minimum Gasteiger partial charge on any atom is -0.480 e. The summed E-state index contributed by atoms with van der Waals surface area (Å²) >= 11 is 0. The third-order valence-electron chi connectivity index (χ3n) is 9.30. The van der Waals surface area contributed by atoms with Crippen LogP contribution in [0.2, 0.25) is 0 Å². The summed E-state index contributed by atoms with van der Waals surface area (Å²) in [5.74, 6) is 2.37. The van der Waals surface area contributed by atoms with Gasteiger partial charge < -0.3 is 9.84 Å². The molecular formula is C24H38O4. The van der Waals surface area contributed by atoms with Crippen LogP contribution in [0.15, 0.2) is 0 Å². The van der Waals surface area contributed by atoms with E-state index in [0.29, 0.717) is 36.5 Å². The minimum atomic E-state index is -1.38. The van der Waals surface area contributed by atoms with E-state index in [1.54, 1.807) is 13.8 Å². The van der Waals surface area contributed by atoms with Crippen LogP contribution in [0.5, 0.6) is 0 Å². The first-order valence-corrected chi connectivity index (χ1v) is 11.9. The molecule has 4 nitrogen and oxygen atoms in total. The van der Waals surface area contributed by atoms with Crippen LogP contribution < -0.4 is 0 Å². The van der Waals surface area contributed by atoms with Crippen molar-refractivity contribution in [3.63, 3.8) is 0 Å². The minimum absolute atomic E-state index is 0.0504. The van der Waals surface area contributed by atoms with Gasteiger partial charge in [-0.2, -0.15) is 0 Å². The first-order chi connectivity index (χ1) is 13.5. The number of fused-ring (bicyclic) bond motifs is 6. The summed E-state index contributed by atoms with van der Waals surface area (Å²) in [6, 6.07) is 0. The SMILES string of the molecule is CCC(CC)(C(=O)O)C(=O)OC(C1CC2CCC1CC2)C1CC2CCC1CC2. The fourth-order valence-corrected chi connectivity index (χ4v) is 7.32. The number of aliphatic carboxylic acids is 1. The highest BCUT2D eigenvalue weighted by molar-refractivity contribution is 5.99. The third kappa shape index (κ3) is 3.39. The number of carboxylic acid groups (broad SMARTS) is 1. The Balaban J connectivity index is 1.60. The second kappa shape index (κ2) is 7.99. The van der Waals surface area contributed by atoms with Crippen molar-refractivity contribution < 1.29 is 19.4 Å². The average Bonchev–Trinajstić information content (AvgIpc) is 2.74. The molecule has 0 aromatic heterocycles. The van der Waals surface area contributed by atoms with Gasteiger partial charge in [0.15, 0.2) is 5.41 Å². The summed E-state index contributed by atoms with van der Waals surface area (Å²) in [5.41, 5.74) is -1.38. The van der Waals surface area contributed by atoms with E-state index in [0.717, 1.165) is 11.8 Å². The molecule has 6 fully saturated rings. The monoisotopic (exact) mass is 390 g/mol. The van der Waals surface area contributed by atoms with E-state index < -0.39 is 17.4 Å². The van der Waals surface area contributed by atoms with Gasteiger partial charge in [0.05, 0.1) is 0 Å². The lowest BCUT2D eigenvalue weighted by molar-refractivity contribution is -0.185. The van der Waals surface area contributed by atoms with Crippen molar-refractivity contribution in [3.05, 3.63) is 0 Å². The molecule has 4 bridgehead atoms. The molecule has 0 aromatic carbocycles. The predicted octanol–water partition coefficient (Wildman–Crippen LogP) is 5.44. The maximum atomic E-state index is 13.3. The molecule has 4 heteroatoms. The van der Waals surface area contributed by atoms with Gasteiger partial charge in [-0.3, -0.25) is 9.59 Å². The molecule has 1 N–H and O–H groups in total. The van der Waals surface area contributed by atoms with Gasteiger partial charge in [0.2, 0.25) is 0 Å². The average molecular weight is 391 g/mol. The van der Waals surface area contributed by atoms with Crippen LogP contribution >= 0.6 is 0 Å². The maximum absolute atomic E-state index is 13.3. The predicted molar refractivity (Wildman–Crippen MR) is 108 cm³/mol. The lowest BCUT2D eigenvalue weighted by Gasteiger charge is -2.52. The topological polar surface area (TPSA) is 63.6 Å². The fourth-order valence-electron chi connectivity index (χ4n) is 7.32. The van der Waals surface area contributed by atoms with E-state index in [4.69, 9.17) is 4.74 Å². The standard InChI is InChI=1S/C24H38O4/c1-3-24(4-2,22(25)26)23(27)28-21(19-13-15-5-9-17(19)10-6-15)20-14-16-7-11-18(20)12-8-16/h15-21H,3-14H2,1-2H3,(H,25,26).